The lowest BCUT2D eigenvalue weighted by Crippen LogP contribution is -2.62. The van der Waals surface area contributed by atoms with Gasteiger partial charge < -0.3 is 10.2 Å². The van der Waals surface area contributed by atoms with Gasteiger partial charge in [-0.15, -0.1) is 0 Å². The molecular weight excluding hydrogens is 252 g/mol. The second-order valence-electron chi connectivity index (χ2n) is 7.33. The van der Waals surface area contributed by atoms with Crippen molar-refractivity contribution in [2.24, 2.45) is 5.92 Å². The smallest absolute Gasteiger partial charge is 0.248 e. The summed E-state index contributed by atoms with van der Waals surface area (Å²) in [4.78, 5) is 27.2. The SMILES string of the molecule is CC(C)(C1CC1)N1CCC(=O)NC2(CCCCC2)C1=O. The largest absolute Gasteiger partial charge is 0.342 e. The van der Waals surface area contributed by atoms with E-state index in [2.05, 4.69) is 19.2 Å². The summed E-state index contributed by atoms with van der Waals surface area (Å²) in [6.07, 6.45) is 7.77. The average molecular weight is 278 g/mol. The highest BCUT2D eigenvalue weighted by atomic mass is 16.2. The van der Waals surface area contributed by atoms with Crippen LogP contribution in [0.15, 0.2) is 0 Å². The first-order chi connectivity index (χ1) is 9.46. The topological polar surface area (TPSA) is 49.4 Å². The predicted molar refractivity (Wildman–Crippen MR) is 77.1 cm³/mol. The molecule has 0 unspecified atom stereocenters. The fourth-order valence-corrected chi connectivity index (χ4v) is 4.01. The normalized spacial score (nSPS) is 27.4. The van der Waals surface area contributed by atoms with Crippen LogP contribution in [0.2, 0.25) is 0 Å². The molecule has 4 nitrogen and oxygen atoms in total. The monoisotopic (exact) mass is 278 g/mol. The zero-order chi connectivity index (χ0) is 14.4. The highest BCUT2D eigenvalue weighted by molar-refractivity contribution is 5.94. The van der Waals surface area contributed by atoms with Crippen LogP contribution in [-0.2, 0) is 9.59 Å². The standard InChI is InChI=1S/C16H26N2O2/c1-15(2,12-6-7-12)18-11-8-13(19)17-16(14(18)20)9-4-3-5-10-16/h12H,3-11H2,1-2H3,(H,17,19). The second-order valence-corrected chi connectivity index (χ2v) is 7.33. The van der Waals surface area contributed by atoms with Gasteiger partial charge in [0.1, 0.15) is 5.54 Å². The number of hydrogen-bond donors (Lipinski definition) is 1. The Morgan fingerprint density at radius 1 is 1.15 bits per heavy atom. The van der Waals surface area contributed by atoms with Gasteiger partial charge in [0.05, 0.1) is 0 Å². The van der Waals surface area contributed by atoms with Crippen molar-refractivity contribution in [3.05, 3.63) is 0 Å². The van der Waals surface area contributed by atoms with Gasteiger partial charge in [0, 0.05) is 18.5 Å². The third-order valence-corrected chi connectivity index (χ3v) is 5.57. The maximum absolute atomic E-state index is 13.2. The first kappa shape index (κ1) is 13.9. The molecule has 1 heterocycles. The Morgan fingerprint density at radius 3 is 2.40 bits per heavy atom. The lowest BCUT2D eigenvalue weighted by atomic mass is 9.79. The molecule has 3 aliphatic rings. The van der Waals surface area contributed by atoms with Crippen LogP contribution in [0.25, 0.3) is 0 Å². The summed E-state index contributed by atoms with van der Waals surface area (Å²) in [5, 5.41) is 3.08. The average Bonchev–Trinajstić information content (AvgIpc) is 3.23. The van der Waals surface area contributed by atoms with Gasteiger partial charge in [-0.05, 0) is 45.4 Å². The summed E-state index contributed by atoms with van der Waals surface area (Å²) in [6.45, 7) is 4.93. The molecule has 0 radical (unpaired) electrons. The number of nitrogens with one attached hydrogen (secondary N) is 1. The van der Waals surface area contributed by atoms with Crippen molar-refractivity contribution in [3.63, 3.8) is 0 Å². The fraction of sp³-hybridized carbons (Fsp3) is 0.875. The molecule has 1 spiro atoms. The lowest BCUT2D eigenvalue weighted by Gasteiger charge is -2.44. The molecule has 1 N–H and O–H groups in total. The van der Waals surface area contributed by atoms with Gasteiger partial charge in [0.15, 0.2) is 0 Å². The van der Waals surface area contributed by atoms with E-state index < -0.39 is 5.54 Å². The van der Waals surface area contributed by atoms with Crippen molar-refractivity contribution in [2.75, 3.05) is 6.54 Å². The van der Waals surface area contributed by atoms with E-state index in [-0.39, 0.29) is 17.4 Å². The zero-order valence-electron chi connectivity index (χ0n) is 12.7. The van der Waals surface area contributed by atoms with Gasteiger partial charge in [-0.2, -0.15) is 0 Å². The van der Waals surface area contributed by atoms with E-state index in [1.165, 1.54) is 19.3 Å². The van der Waals surface area contributed by atoms with Crippen LogP contribution in [0.5, 0.6) is 0 Å². The van der Waals surface area contributed by atoms with E-state index >= 15 is 0 Å². The van der Waals surface area contributed by atoms with Gasteiger partial charge >= 0.3 is 0 Å². The minimum atomic E-state index is -0.599. The number of hydrogen-bond acceptors (Lipinski definition) is 2. The van der Waals surface area contributed by atoms with Crippen molar-refractivity contribution in [2.45, 2.75) is 76.3 Å². The van der Waals surface area contributed by atoms with Crippen molar-refractivity contribution < 1.29 is 9.59 Å². The van der Waals surface area contributed by atoms with Crippen molar-refractivity contribution >= 4 is 11.8 Å². The molecule has 4 heteroatoms. The van der Waals surface area contributed by atoms with Gasteiger partial charge in [-0.1, -0.05) is 19.3 Å². The number of rotatable bonds is 2. The molecule has 0 aromatic carbocycles. The van der Waals surface area contributed by atoms with Crippen LogP contribution in [0, 0.1) is 5.92 Å². The first-order valence-electron chi connectivity index (χ1n) is 8.09. The molecule has 1 saturated heterocycles. The Bertz CT molecular complexity index is 420. The van der Waals surface area contributed by atoms with Crippen LogP contribution < -0.4 is 5.32 Å². The summed E-state index contributed by atoms with van der Waals surface area (Å²) in [6, 6.07) is 0. The van der Waals surface area contributed by atoms with E-state index in [9.17, 15) is 9.59 Å². The number of amides is 2. The molecule has 0 aromatic rings. The maximum atomic E-state index is 13.2. The molecule has 1 aliphatic heterocycles. The number of carbonyl (C=O) groups excluding carboxylic acids is 2. The molecule has 112 valence electrons. The number of nitrogens with zero attached hydrogens (tertiary/aromatic N) is 1. The molecular formula is C16H26N2O2. The summed E-state index contributed by atoms with van der Waals surface area (Å²) in [7, 11) is 0. The summed E-state index contributed by atoms with van der Waals surface area (Å²) in [5.41, 5.74) is -0.703. The van der Waals surface area contributed by atoms with Crippen LogP contribution >= 0.6 is 0 Å². The predicted octanol–water partition coefficient (Wildman–Crippen LogP) is 2.23. The second kappa shape index (κ2) is 4.74. The van der Waals surface area contributed by atoms with Gasteiger partial charge in [0.25, 0.3) is 0 Å². The van der Waals surface area contributed by atoms with E-state index in [4.69, 9.17) is 0 Å². The fourth-order valence-electron chi connectivity index (χ4n) is 4.01. The number of carbonyl (C=O) groups is 2. The Labute approximate surface area is 121 Å². The van der Waals surface area contributed by atoms with Crippen LogP contribution in [0.3, 0.4) is 0 Å². The molecule has 2 saturated carbocycles. The molecule has 2 amide bonds. The third-order valence-electron chi connectivity index (χ3n) is 5.57. The highest BCUT2D eigenvalue weighted by Crippen LogP contribution is 2.45. The summed E-state index contributed by atoms with van der Waals surface area (Å²) < 4.78 is 0. The van der Waals surface area contributed by atoms with Gasteiger partial charge in [-0.3, -0.25) is 9.59 Å². The minimum absolute atomic E-state index is 0.0503. The molecule has 20 heavy (non-hydrogen) atoms. The van der Waals surface area contributed by atoms with Gasteiger partial charge in [-0.25, -0.2) is 0 Å². The van der Waals surface area contributed by atoms with E-state index in [0.29, 0.717) is 18.9 Å². The minimum Gasteiger partial charge on any atom is -0.342 e. The van der Waals surface area contributed by atoms with E-state index in [1.807, 2.05) is 4.90 Å². The van der Waals surface area contributed by atoms with E-state index in [0.717, 1.165) is 25.7 Å². The molecule has 0 atom stereocenters. The summed E-state index contributed by atoms with van der Waals surface area (Å²) in [5.74, 6) is 0.842. The molecule has 3 fully saturated rings. The van der Waals surface area contributed by atoms with Crippen LogP contribution in [0.1, 0.15) is 65.2 Å². The van der Waals surface area contributed by atoms with Crippen molar-refractivity contribution in [1.29, 1.82) is 0 Å². The maximum Gasteiger partial charge on any atom is 0.248 e. The Morgan fingerprint density at radius 2 is 1.80 bits per heavy atom. The Balaban J connectivity index is 1.90. The van der Waals surface area contributed by atoms with Gasteiger partial charge in [0.2, 0.25) is 11.8 Å². The Kier molecular flexibility index (Phi) is 3.30. The quantitative estimate of drug-likeness (QED) is 0.842. The lowest BCUT2D eigenvalue weighted by molar-refractivity contribution is -0.145. The molecule has 0 bridgehead atoms. The molecule has 2 aliphatic carbocycles. The van der Waals surface area contributed by atoms with Crippen molar-refractivity contribution in [3.8, 4) is 0 Å². The van der Waals surface area contributed by atoms with E-state index in [1.54, 1.807) is 0 Å². The van der Waals surface area contributed by atoms with Crippen LogP contribution in [0.4, 0.5) is 0 Å². The van der Waals surface area contributed by atoms with Crippen molar-refractivity contribution in [1.82, 2.24) is 10.2 Å². The third kappa shape index (κ3) is 2.23. The molecule has 3 rings (SSSR count). The Hall–Kier alpha value is -1.06. The zero-order valence-corrected chi connectivity index (χ0v) is 12.7. The highest BCUT2D eigenvalue weighted by Gasteiger charge is 2.51. The molecule has 0 aromatic heterocycles. The summed E-state index contributed by atoms with van der Waals surface area (Å²) >= 11 is 0. The van der Waals surface area contributed by atoms with Crippen LogP contribution in [-0.4, -0.2) is 34.3 Å². The first-order valence-corrected chi connectivity index (χ1v) is 8.09.